The van der Waals surface area contributed by atoms with Crippen molar-refractivity contribution in [2.75, 3.05) is 0 Å². The maximum Gasteiger partial charge on any atom is 0.115 e. The van der Waals surface area contributed by atoms with Crippen LogP contribution in [0.3, 0.4) is 0 Å². The van der Waals surface area contributed by atoms with Crippen LogP contribution in [0.2, 0.25) is 0 Å². The summed E-state index contributed by atoms with van der Waals surface area (Å²) in [6, 6.07) is 4.97. The third-order valence-electron chi connectivity index (χ3n) is 1.87. The summed E-state index contributed by atoms with van der Waals surface area (Å²) in [6.07, 6.45) is 0. The maximum atomic E-state index is 9.68. The minimum Gasteiger partial charge on any atom is -0.508 e. The number of rotatable bonds is 1. The van der Waals surface area contributed by atoms with Crippen molar-refractivity contribution in [3.63, 3.8) is 0 Å². The number of phenols is 1. The predicted molar refractivity (Wildman–Crippen MR) is 48.1 cm³/mol. The van der Waals surface area contributed by atoms with E-state index in [2.05, 4.69) is 0 Å². The van der Waals surface area contributed by atoms with E-state index in [0.717, 1.165) is 11.1 Å². The summed E-state index contributed by atoms with van der Waals surface area (Å²) in [7, 11) is 0. The van der Waals surface area contributed by atoms with Gasteiger partial charge in [-0.15, -0.1) is 0 Å². The molecule has 1 rings (SSSR count). The third-order valence-corrected chi connectivity index (χ3v) is 1.87. The molecule has 2 heteroatoms. The molecule has 0 aromatic heterocycles. The second kappa shape index (κ2) is 2.79. The largest absolute Gasteiger partial charge is 0.508 e. The van der Waals surface area contributed by atoms with Crippen LogP contribution >= 0.6 is 0 Å². The summed E-state index contributed by atoms with van der Waals surface area (Å²) in [6.45, 7) is 5.33. The zero-order valence-electron chi connectivity index (χ0n) is 7.63. The molecule has 0 aliphatic heterocycles. The Balaban J connectivity index is 3.19. The Morgan fingerprint density at radius 3 is 2.25 bits per heavy atom. The average molecular weight is 166 g/mol. The van der Waals surface area contributed by atoms with E-state index in [4.69, 9.17) is 5.11 Å². The van der Waals surface area contributed by atoms with Crippen LogP contribution in [-0.4, -0.2) is 10.2 Å². The van der Waals surface area contributed by atoms with E-state index in [0.29, 0.717) is 0 Å². The molecule has 0 heterocycles. The summed E-state index contributed by atoms with van der Waals surface area (Å²) in [4.78, 5) is 0. The van der Waals surface area contributed by atoms with E-state index in [1.54, 1.807) is 32.0 Å². The van der Waals surface area contributed by atoms with Crippen molar-refractivity contribution in [1.82, 2.24) is 0 Å². The first-order valence-electron chi connectivity index (χ1n) is 3.94. The Morgan fingerprint density at radius 2 is 1.83 bits per heavy atom. The molecular weight excluding hydrogens is 152 g/mol. The number of aryl methyl sites for hydroxylation is 1. The van der Waals surface area contributed by atoms with E-state index in [9.17, 15) is 5.11 Å². The van der Waals surface area contributed by atoms with Crippen LogP contribution < -0.4 is 0 Å². The van der Waals surface area contributed by atoms with Crippen molar-refractivity contribution in [2.24, 2.45) is 0 Å². The van der Waals surface area contributed by atoms with Gasteiger partial charge >= 0.3 is 0 Å². The quantitative estimate of drug-likeness (QED) is 0.669. The zero-order chi connectivity index (χ0) is 9.35. The normalized spacial score (nSPS) is 11.7. The van der Waals surface area contributed by atoms with Gasteiger partial charge in [0.05, 0.1) is 5.60 Å². The maximum absolute atomic E-state index is 9.68. The van der Waals surface area contributed by atoms with Crippen molar-refractivity contribution in [3.05, 3.63) is 29.3 Å². The van der Waals surface area contributed by atoms with Crippen molar-refractivity contribution in [3.8, 4) is 5.75 Å². The Morgan fingerprint density at radius 1 is 1.25 bits per heavy atom. The van der Waals surface area contributed by atoms with Crippen LogP contribution in [0, 0.1) is 6.92 Å². The molecule has 1 aromatic rings. The highest BCUT2D eigenvalue weighted by Gasteiger charge is 2.17. The van der Waals surface area contributed by atoms with Crippen LogP contribution in [0.1, 0.15) is 25.0 Å². The molecule has 12 heavy (non-hydrogen) atoms. The molecule has 0 unspecified atom stereocenters. The molecule has 0 aliphatic carbocycles. The van der Waals surface area contributed by atoms with Gasteiger partial charge in [-0.25, -0.2) is 0 Å². The van der Waals surface area contributed by atoms with Gasteiger partial charge in [-0.1, -0.05) is 6.07 Å². The van der Waals surface area contributed by atoms with Gasteiger partial charge in [-0.3, -0.25) is 0 Å². The van der Waals surface area contributed by atoms with Crippen LogP contribution in [0.25, 0.3) is 0 Å². The monoisotopic (exact) mass is 166 g/mol. The number of phenolic OH excluding ortho intramolecular Hbond substituents is 1. The van der Waals surface area contributed by atoms with Gasteiger partial charge in [0, 0.05) is 0 Å². The SMILES string of the molecule is Cc1cc(O)ccc1C(C)(C)O. The van der Waals surface area contributed by atoms with Gasteiger partial charge in [-0.2, -0.15) is 0 Å². The molecule has 0 atom stereocenters. The fraction of sp³-hybridized carbons (Fsp3) is 0.400. The van der Waals surface area contributed by atoms with E-state index in [1.165, 1.54) is 0 Å². The van der Waals surface area contributed by atoms with Gasteiger partial charge in [0.25, 0.3) is 0 Å². The summed E-state index contributed by atoms with van der Waals surface area (Å²) in [5.41, 5.74) is 0.917. The van der Waals surface area contributed by atoms with E-state index >= 15 is 0 Å². The Bertz CT molecular complexity index is 284. The lowest BCUT2D eigenvalue weighted by molar-refractivity contribution is 0.0779. The first-order valence-corrected chi connectivity index (χ1v) is 3.94. The molecular formula is C10H14O2. The second-order valence-corrected chi connectivity index (χ2v) is 3.56. The summed E-state index contributed by atoms with van der Waals surface area (Å²) in [5.74, 6) is 0.237. The molecule has 0 fully saturated rings. The fourth-order valence-electron chi connectivity index (χ4n) is 1.33. The van der Waals surface area contributed by atoms with Crippen LogP contribution in [0.4, 0.5) is 0 Å². The Hall–Kier alpha value is -1.02. The molecule has 2 N–H and O–H groups in total. The van der Waals surface area contributed by atoms with Crippen molar-refractivity contribution in [1.29, 1.82) is 0 Å². The molecule has 0 aliphatic rings. The third kappa shape index (κ3) is 1.77. The lowest BCUT2D eigenvalue weighted by Crippen LogP contribution is -2.16. The molecule has 0 saturated heterocycles. The number of benzene rings is 1. The van der Waals surface area contributed by atoms with Crippen LogP contribution in [0.15, 0.2) is 18.2 Å². The molecule has 66 valence electrons. The van der Waals surface area contributed by atoms with Crippen LogP contribution in [-0.2, 0) is 5.60 Å². The minimum absolute atomic E-state index is 0.237. The average Bonchev–Trinajstić information content (AvgIpc) is 1.83. The molecule has 0 spiro atoms. The highest BCUT2D eigenvalue weighted by atomic mass is 16.3. The molecule has 0 radical (unpaired) electrons. The lowest BCUT2D eigenvalue weighted by Gasteiger charge is -2.20. The molecule has 0 saturated carbocycles. The minimum atomic E-state index is -0.836. The standard InChI is InChI=1S/C10H14O2/c1-7-6-8(11)4-5-9(7)10(2,3)12/h4-6,11-12H,1-3H3. The van der Waals surface area contributed by atoms with Gasteiger partial charge in [0.1, 0.15) is 5.75 Å². The summed E-state index contributed by atoms with van der Waals surface area (Å²) >= 11 is 0. The van der Waals surface area contributed by atoms with Gasteiger partial charge in [-0.05, 0) is 44.0 Å². The number of aromatic hydroxyl groups is 1. The first kappa shape index (κ1) is 9.07. The topological polar surface area (TPSA) is 40.5 Å². The number of hydrogen-bond acceptors (Lipinski definition) is 2. The summed E-state index contributed by atoms with van der Waals surface area (Å²) in [5, 5.41) is 18.8. The Kier molecular flexibility index (Phi) is 2.11. The smallest absolute Gasteiger partial charge is 0.115 e. The molecule has 0 bridgehead atoms. The van der Waals surface area contributed by atoms with Crippen LogP contribution in [0.5, 0.6) is 5.75 Å². The van der Waals surface area contributed by atoms with Crippen molar-refractivity contribution < 1.29 is 10.2 Å². The zero-order valence-corrected chi connectivity index (χ0v) is 7.63. The fourth-order valence-corrected chi connectivity index (χ4v) is 1.33. The highest BCUT2D eigenvalue weighted by Crippen LogP contribution is 2.25. The second-order valence-electron chi connectivity index (χ2n) is 3.56. The molecule has 0 amide bonds. The molecule has 1 aromatic carbocycles. The first-order chi connectivity index (χ1) is 5.41. The predicted octanol–water partition coefficient (Wildman–Crippen LogP) is 1.93. The lowest BCUT2D eigenvalue weighted by atomic mass is 9.94. The number of aliphatic hydroxyl groups is 1. The highest BCUT2D eigenvalue weighted by molar-refractivity contribution is 5.36. The van der Waals surface area contributed by atoms with Gasteiger partial charge < -0.3 is 10.2 Å². The van der Waals surface area contributed by atoms with Gasteiger partial charge in [0.2, 0.25) is 0 Å². The molecule has 2 nitrogen and oxygen atoms in total. The summed E-state index contributed by atoms with van der Waals surface area (Å²) < 4.78 is 0. The Labute approximate surface area is 72.5 Å². The van der Waals surface area contributed by atoms with E-state index in [-0.39, 0.29) is 5.75 Å². The van der Waals surface area contributed by atoms with E-state index < -0.39 is 5.60 Å². The van der Waals surface area contributed by atoms with Crippen molar-refractivity contribution >= 4 is 0 Å². The van der Waals surface area contributed by atoms with Gasteiger partial charge in [0.15, 0.2) is 0 Å². The van der Waals surface area contributed by atoms with Crippen molar-refractivity contribution in [2.45, 2.75) is 26.4 Å². The van der Waals surface area contributed by atoms with E-state index in [1.807, 2.05) is 6.92 Å². The number of hydrogen-bond donors (Lipinski definition) is 2.